The Labute approximate surface area is 187 Å². The van der Waals surface area contributed by atoms with Crippen molar-refractivity contribution in [2.24, 2.45) is 0 Å². The Morgan fingerprint density at radius 1 is 1.16 bits per heavy atom. The van der Waals surface area contributed by atoms with Crippen molar-refractivity contribution in [3.63, 3.8) is 0 Å². The van der Waals surface area contributed by atoms with Crippen LogP contribution in [0.3, 0.4) is 0 Å². The van der Waals surface area contributed by atoms with Gasteiger partial charge >= 0.3 is 0 Å². The quantitative estimate of drug-likeness (QED) is 0.669. The highest BCUT2D eigenvalue weighted by Gasteiger charge is 2.36. The third-order valence-corrected chi connectivity index (χ3v) is 5.64. The van der Waals surface area contributed by atoms with E-state index in [1.807, 2.05) is 49.9 Å². The molecule has 8 heteroatoms. The number of hydrogen-bond acceptors (Lipinski definition) is 6. The van der Waals surface area contributed by atoms with Crippen LogP contribution >= 0.6 is 0 Å². The van der Waals surface area contributed by atoms with E-state index in [4.69, 9.17) is 4.98 Å². The van der Waals surface area contributed by atoms with Crippen molar-refractivity contribution in [3.05, 3.63) is 66.1 Å². The first kappa shape index (κ1) is 21.4. The molecule has 0 bridgehead atoms. The smallest absolute Gasteiger partial charge is 0.251 e. The highest BCUT2D eigenvalue weighted by atomic mass is 16.2. The van der Waals surface area contributed by atoms with Gasteiger partial charge in [0.15, 0.2) is 11.6 Å². The Morgan fingerprint density at radius 2 is 1.91 bits per heavy atom. The largest absolute Gasteiger partial charge is 0.348 e. The molecule has 4 rings (SSSR count). The second-order valence-electron chi connectivity index (χ2n) is 8.06. The van der Waals surface area contributed by atoms with Gasteiger partial charge in [-0.1, -0.05) is 18.2 Å². The van der Waals surface area contributed by atoms with E-state index in [1.54, 1.807) is 42.7 Å². The van der Waals surface area contributed by atoms with E-state index in [0.717, 1.165) is 16.9 Å². The van der Waals surface area contributed by atoms with Crippen LogP contribution in [0.4, 0.5) is 11.5 Å². The summed E-state index contributed by atoms with van der Waals surface area (Å²) in [5.74, 6) is 1.09. The number of nitrogens with one attached hydrogen (secondary N) is 1. The van der Waals surface area contributed by atoms with Gasteiger partial charge in [-0.05, 0) is 39.0 Å². The molecule has 3 heterocycles. The van der Waals surface area contributed by atoms with Gasteiger partial charge in [-0.3, -0.25) is 14.6 Å². The van der Waals surface area contributed by atoms with Crippen molar-refractivity contribution in [1.82, 2.24) is 20.3 Å². The second kappa shape index (κ2) is 8.74. The molecule has 1 N–H and O–H groups in total. The van der Waals surface area contributed by atoms with E-state index < -0.39 is 0 Å². The number of hydrogen-bond donors (Lipinski definition) is 1. The predicted molar refractivity (Wildman–Crippen MR) is 123 cm³/mol. The van der Waals surface area contributed by atoms with E-state index >= 15 is 0 Å². The number of pyridine rings is 1. The third-order valence-electron chi connectivity index (χ3n) is 5.64. The highest BCUT2D eigenvalue weighted by Crippen LogP contribution is 2.36. The van der Waals surface area contributed by atoms with Crippen LogP contribution in [0.25, 0.3) is 11.4 Å². The molecular weight excluding hydrogens is 404 g/mol. The topological polar surface area (TPSA) is 91.3 Å². The lowest BCUT2D eigenvalue weighted by Crippen LogP contribution is -2.53. The molecule has 0 saturated heterocycles. The summed E-state index contributed by atoms with van der Waals surface area (Å²) in [5, 5.41) is 2.94. The lowest BCUT2D eigenvalue weighted by molar-refractivity contribution is -0.119. The SMILES string of the molecule is CC(C)N1c2nc(-c3ccncc3CNC(=O)c3ccccc3)ncc2N(C)C(=O)[C@H]1C. The standard InChI is InChI=1S/C24H26N6O2/c1-15(2)30-16(3)24(32)29(4)20-14-26-21(28-22(20)30)19-10-11-25-12-18(19)13-27-23(31)17-8-6-5-7-9-17/h5-12,14-16H,13H2,1-4H3,(H,27,31)/t16-/m1/s1. The maximum atomic E-state index is 12.7. The Hall–Kier alpha value is -3.81. The molecule has 0 fully saturated rings. The molecule has 2 amide bonds. The molecule has 0 saturated carbocycles. The van der Waals surface area contributed by atoms with Crippen LogP contribution in [0.15, 0.2) is 55.0 Å². The molecule has 0 unspecified atom stereocenters. The van der Waals surface area contributed by atoms with Crippen LogP contribution in [-0.2, 0) is 11.3 Å². The van der Waals surface area contributed by atoms with Crippen LogP contribution in [0.2, 0.25) is 0 Å². The Morgan fingerprint density at radius 3 is 2.62 bits per heavy atom. The fourth-order valence-electron chi connectivity index (χ4n) is 3.97. The van der Waals surface area contributed by atoms with E-state index in [0.29, 0.717) is 23.6 Å². The van der Waals surface area contributed by atoms with Gasteiger partial charge in [0.05, 0.1) is 6.20 Å². The van der Waals surface area contributed by atoms with Gasteiger partial charge in [0.2, 0.25) is 5.91 Å². The van der Waals surface area contributed by atoms with Crippen LogP contribution in [0.5, 0.6) is 0 Å². The van der Waals surface area contributed by atoms with Crippen LogP contribution in [0.1, 0.15) is 36.7 Å². The monoisotopic (exact) mass is 430 g/mol. The first-order chi connectivity index (χ1) is 15.4. The predicted octanol–water partition coefficient (Wildman–Crippen LogP) is 3.05. The summed E-state index contributed by atoms with van der Waals surface area (Å²) >= 11 is 0. The van der Waals surface area contributed by atoms with Gasteiger partial charge in [0.1, 0.15) is 11.7 Å². The molecule has 0 spiro atoms. The van der Waals surface area contributed by atoms with Crippen LogP contribution < -0.4 is 15.1 Å². The number of benzene rings is 1. The molecular formula is C24H26N6O2. The molecule has 164 valence electrons. The molecule has 0 aliphatic carbocycles. The fourth-order valence-corrected chi connectivity index (χ4v) is 3.97. The summed E-state index contributed by atoms with van der Waals surface area (Å²) in [6.07, 6.45) is 5.07. The van der Waals surface area contributed by atoms with E-state index in [-0.39, 0.29) is 23.9 Å². The summed E-state index contributed by atoms with van der Waals surface area (Å²) in [4.78, 5) is 42.4. The van der Waals surface area contributed by atoms with Gasteiger partial charge in [0.25, 0.3) is 5.91 Å². The molecule has 3 aromatic rings. The Bertz CT molecular complexity index is 1150. The molecule has 1 aliphatic rings. The zero-order valence-electron chi connectivity index (χ0n) is 18.6. The molecule has 1 aliphatic heterocycles. The van der Waals surface area contributed by atoms with E-state index in [2.05, 4.69) is 15.3 Å². The lowest BCUT2D eigenvalue weighted by Gasteiger charge is -2.41. The number of aromatic nitrogens is 3. The van der Waals surface area contributed by atoms with Crippen molar-refractivity contribution in [3.8, 4) is 11.4 Å². The summed E-state index contributed by atoms with van der Waals surface area (Å²) in [6, 6.07) is 10.7. The van der Waals surface area contributed by atoms with E-state index in [9.17, 15) is 9.59 Å². The molecule has 1 aromatic carbocycles. The minimum atomic E-state index is -0.322. The Kier molecular flexibility index (Phi) is 5.85. The first-order valence-corrected chi connectivity index (χ1v) is 10.6. The average Bonchev–Trinajstić information content (AvgIpc) is 2.81. The number of nitrogens with zero attached hydrogens (tertiary/aromatic N) is 5. The summed E-state index contributed by atoms with van der Waals surface area (Å²) < 4.78 is 0. The number of likely N-dealkylation sites (N-methyl/N-ethyl adjacent to an activating group) is 1. The maximum Gasteiger partial charge on any atom is 0.251 e. The number of anilines is 2. The normalized spacial score (nSPS) is 15.7. The van der Waals surface area contributed by atoms with Gasteiger partial charge in [-0.2, -0.15) is 0 Å². The van der Waals surface area contributed by atoms with Crippen molar-refractivity contribution in [1.29, 1.82) is 0 Å². The van der Waals surface area contributed by atoms with E-state index in [1.165, 1.54) is 0 Å². The molecule has 2 aromatic heterocycles. The number of fused-ring (bicyclic) bond motifs is 1. The van der Waals surface area contributed by atoms with Gasteiger partial charge in [0, 0.05) is 48.7 Å². The number of carbonyl (C=O) groups is 2. The lowest BCUT2D eigenvalue weighted by atomic mass is 10.1. The molecule has 8 nitrogen and oxygen atoms in total. The number of amides is 2. The van der Waals surface area contributed by atoms with Crippen molar-refractivity contribution in [2.75, 3.05) is 16.8 Å². The zero-order chi connectivity index (χ0) is 22.8. The number of rotatable bonds is 5. The van der Waals surface area contributed by atoms with Gasteiger partial charge < -0.3 is 15.1 Å². The Balaban J connectivity index is 1.67. The first-order valence-electron chi connectivity index (χ1n) is 10.6. The minimum absolute atomic E-state index is 0.00998. The third kappa shape index (κ3) is 3.91. The zero-order valence-corrected chi connectivity index (χ0v) is 18.6. The van der Waals surface area contributed by atoms with Crippen LogP contribution in [0, 0.1) is 0 Å². The molecule has 1 atom stereocenters. The van der Waals surface area contributed by atoms with Gasteiger partial charge in [-0.15, -0.1) is 0 Å². The maximum absolute atomic E-state index is 12.7. The van der Waals surface area contributed by atoms with Crippen molar-refractivity contribution >= 4 is 23.3 Å². The van der Waals surface area contributed by atoms with Crippen LogP contribution in [-0.4, -0.2) is 45.9 Å². The second-order valence-corrected chi connectivity index (χ2v) is 8.06. The summed E-state index contributed by atoms with van der Waals surface area (Å²) in [6.45, 7) is 6.26. The summed E-state index contributed by atoms with van der Waals surface area (Å²) in [7, 11) is 1.75. The number of carbonyl (C=O) groups excluding carboxylic acids is 2. The van der Waals surface area contributed by atoms with Crippen molar-refractivity contribution in [2.45, 2.75) is 39.4 Å². The minimum Gasteiger partial charge on any atom is -0.348 e. The van der Waals surface area contributed by atoms with Crippen molar-refractivity contribution < 1.29 is 9.59 Å². The average molecular weight is 431 g/mol. The van der Waals surface area contributed by atoms with Gasteiger partial charge in [-0.25, -0.2) is 9.97 Å². The highest BCUT2D eigenvalue weighted by molar-refractivity contribution is 6.04. The molecule has 0 radical (unpaired) electrons. The summed E-state index contributed by atoms with van der Waals surface area (Å²) in [5.41, 5.74) is 2.86. The molecule has 32 heavy (non-hydrogen) atoms. The fraction of sp³-hybridized carbons (Fsp3) is 0.292.